The average molecular weight is 308 g/mol. The first-order valence-corrected chi connectivity index (χ1v) is 2.54. The van der Waals surface area contributed by atoms with Gasteiger partial charge < -0.3 is 17.0 Å². The molecule has 1 unspecified atom stereocenters. The number of hydrogen-bond acceptors (Lipinski definition) is 3. The maximum absolute atomic E-state index is 10.4. The fourth-order valence-corrected chi connectivity index (χ4v) is 0.580. The van der Waals surface area contributed by atoms with Gasteiger partial charge >= 0.3 is 21.1 Å². The van der Waals surface area contributed by atoms with Crippen molar-refractivity contribution in [3.8, 4) is 0 Å². The van der Waals surface area contributed by atoms with Crippen LogP contribution in [0.2, 0.25) is 0 Å². The number of primary amides is 1. The predicted octanol–water partition coefficient (Wildman–Crippen LogP) is -0.577. The van der Waals surface area contributed by atoms with E-state index in [4.69, 9.17) is 5.73 Å². The van der Waals surface area contributed by atoms with Gasteiger partial charge in [-0.3, -0.25) is 4.79 Å². The molecule has 1 heterocycles. The van der Waals surface area contributed by atoms with Crippen LogP contribution in [0.1, 0.15) is 6.92 Å². The van der Waals surface area contributed by atoms with Crippen LogP contribution in [0, 0.1) is 5.92 Å². The van der Waals surface area contributed by atoms with Crippen molar-refractivity contribution in [2.75, 3.05) is 0 Å². The SMILES string of the molecule is CC1[C-]=NN=C1C(N)=O.[W+2]. The van der Waals surface area contributed by atoms with Gasteiger partial charge in [0, 0.05) is 0 Å². The smallest absolute Gasteiger partial charge is 0.374 e. The van der Waals surface area contributed by atoms with E-state index in [1.165, 1.54) is 0 Å². The fourth-order valence-electron chi connectivity index (χ4n) is 0.580. The number of nitrogens with zero attached hydrogens (tertiary/aromatic N) is 2. The van der Waals surface area contributed by atoms with E-state index < -0.39 is 5.91 Å². The maximum Gasteiger partial charge on any atom is 2.00 e. The topological polar surface area (TPSA) is 67.8 Å². The summed E-state index contributed by atoms with van der Waals surface area (Å²) in [6.07, 6.45) is 2.57. The molecule has 0 saturated carbocycles. The summed E-state index contributed by atoms with van der Waals surface area (Å²) < 4.78 is 0. The summed E-state index contributed by atoms with van der Waals surface area (Å²) in [6, 6.07) is 0. The van der Waals surface area contributed by atoms with E-state index in [0.29, 0.717) is 0 Å². The first-order valence-electron chi connectivity index (χ1n) is 2.54. The van der Waals surface area contributed by atoms with Crippen LogP contribution >= 0.6 is 0 Å². The number of carbonyl (C=O) groups excluding carboxylic acids is 1. The third-order valence-corrected chi connectivity index (χ3v) is 1.07. The zero-order valence-electron chi connectivity index (χ0n) is 5.37. The molecule has 0 aromatic rings. The van der Waals surface area contributed by atoms with E-state index >= 15 is 0 Å². The minimum Gasteiger partial charge on any atom is -0.374 e. The molecule has 1 atom stereocenters. The van der Waals surface area contributed by atoms with Crippen molar-refractivity contribution in [3.05, 3.63) is 0 Å². The first-order chi connectivity index (χ1) is 4.22. The summed E-state index contributed by atoms with van der Waals surface area (Å²) in [6.45, 7) is 1.76. The van der Waals surface area contributed by atoms with Crippen LogP contribution in [0.15, 0.2) is 10.2 Å². The minimum atomic E-state index is -0.517. The molecular weight excluding hydrogens is 302 g/mol. The van der Waals surface area contributed by atoms with E-state index in [2.05, 4.69) is 16.4 Å². The molecule has 52 valence electrons. The largest absolute Gasteiger partial charge is 2.00 e. The van der Waals surface area contributed by atoms with Crippen LogP contribution < -0.4 is 5.73 Å². The van der Waals surface area contributed by atoms with Crippen molar-refractivity contribution in [2.45, 2.75) is 6.92 Å². The van der Waals surface area contributed by atoms with Crippen LogP contribution in [-0.4, -0.2) is 17.8 Å². The Hall–Kier alpha value is -0.502. The summed E-state index contributed by atoms with van der Waals surface area (Å²) in [5.41, 5.74) is 5.21. The van der Waals surface area contributed by atoms with Crippen LogP contribution in [0.25, 0.3) is 0 Å². The second kappa shape index (κ2) is 3.61. The Bertz CT molecular complexity index is 199. The number of rotatable bonds is 1. The molecule has 1 rings (SSSR count). The van der Waals surface area contributed by atoms with Crippen LogP contribution in [0.3, 0.4) is 0 Å². The van der Waals surface area contributed by atoms with Gasteiger partial charge in [-0.1, -0.05) is 6.92 Å². The van der Waals surface area contributed by atoms with E-state index in [1.54, 1.807) is 6.92 Å². The molecule has 0 aromatic heterocycles. The third kappa shape index (κ3) is 1.74. The first kappa shape index (κ1) is 9.50. The summed E-state index contributed by atoms with van der Waals surface area (Å²) in [7, 11) is 0. The molecule has 0 spiro atoms. The van der Waals surface area contributed by atoms with E-state index in [9.17, 15) is 4.79 Å². The molecule has 2 N–H and O–H groups in total. The van der Waals surface area contributed by atoms with Crippen LogP contribution in [0.5, 0.6) is 0 Å². The van der Waals surface area contributed by atoms with Gasteiger partial charge in [0.05, 0.1) is 5.71 Å². The van der Waals surface area contributed by atoms with Crippen molar-refractivity contribution >= 4 is 17.8 Å². The molecule has 0 bridgehead atoms. The van der Waals surface area contributed by atoms with Gasteiger partial charge in [0.25, 0.3) is 5.91 Å². The van der Waals surface area contributed by atoms with Crippen molar-refractivity contribution in [1.82, 2.24) is 0 Å². The average Bonchev–Trinajstić information content (AvgIpc) is 2.13. The van der Waals surface area contributed by atoms with Gasteiger partial charge in [-0.05, 0) is 0 Å². The van der Waals surface area contributed by atoms with E-state index in [1.807, 2.05) is 0 Å². The second-order valence-corrected chi connectivity index (χ2v) is 1.80. The van der Waals surface area contributed by atoms with Gasteiger partial charge in [-0.15, -0.1) is 5.92 Å². The summed E-state index contributed by atoms with van der Waals surface area (Å²) in [5, 5.41) is 6.88. The molecular formula is C5H6N3OW+. The normalized spacial score (nSPS) is 21.7. The number of nitrogens with two attached hydrogens (primary N) is 1. The van der Waals surface area contributed by atoms with Gasteiger partial charge in [-0.2, -0.15) is 5.10 Å². The van der Waals surface area contributed by atoms with Crippen LogP contribution in [0.4, 0.5) is 0 Å². The molecule has 5 heteroatoms. The van der Waals surface area contributed by atoms with E-state index in [0.717, 1.165) is 0 Å². The Kier molecular flexibility index (Phi) is 3.43. The Balaban J connectivity index is 0.000000810. The minimum absolute atomic E-state index is 0. The third-order valence-electron chi connectivity index (χ3n) is 1.07. The van der Waals surface area contributed by atoms with Gasteiger partial charge in [0.1, 0.15) is 0 Å². The fraction of sp³-hybridized carbons (Fsp3) is 0.400. The van der Waals surface area contributed by atoms with E-state index in [-0.39, 0.29) is 32.7 Å². The molecule has 10 heavy (non-hydrogen) atoms. The van der Waals surface area contributed by atoms with Gasteiger partial charge in [0.2, 0.25) is 0 Å². The number of hydrogen-bond donors (Lipinski definition) is 1. The molecule has 1 amide bonds. The monoisotopic (exact) mass is 308 g/mol. The van der Waals surface area contributed by atoms with Crippen molar-refractivity contribution in [2.24, 2.45) is 21.9 Å². The Labute approximate surface area is 72.8 Å². The van der Waals surface area contributed by atoms with Crippen molar-refractivity contribution < 1.29 is 25.9 Å². The van der Waals surface area contributed by atoms with Crippen molar-refractivity contribution in [3.63, 3.8) is 0 Å². The molecule has 0 saturated heterocycles. The zero-order chi connectivity index (χ0) is 6.85. The number of amides is 1. The predicted molar refractivity (Wildman–Crippen MR) is 33.2 cm³/mol. The van der Waals surface area contributed by atoms with Crippen LogP contribution in [-0.2, 0) is 25.9 Å². The van der Waals surface area contributed by atoms with Gasteiger partial charge in [-0.25, -0.2) is 0 Å². The number of carbonyl (C=O) groups is 1. The second-order valence-electron chi connectivity index (χ2n) is 1.80. The quantitative estimate of drug-likeness (QED) is 0.647. The standard InChI is InChI=1S/C5H6N3O.W/c1-3-2-7-8-4(3)5(6)9;/h3H,1H3,(H2,6,9);/q-1;+2. The Morgan fingerprint density at radius 2 is 2.40 bits per heavy atom. The maximum atomic E-state index is 10.4. The molecule has 0 radical (unpaired) electrons. The van der Waals surface area contributed by atoms with Gasteiger partial charge in [0.15, 0.2) is 0 Å². The Morgan fingerprint density at radius 1 is 1.80 bits per heavy atom. The summed E-state index contributed by atoms with van der Waals surface area (Å²) in [5.74, 6) is -0.654. The summed E-state index contributed by atoms with van der Waals surface area (Å²) in [4.78, 5) is 10.4. The zero-order valence-corrected chi connectivity index (χ0v) is 8.30. The molecule has 1 aliphatic heterocycles. The van der Waals surface area contributed by atoms with Crippen molar-refractivity contribution in [1.29, 1.82) is 0 Å². The summed E-state index contributed by atoms with van der Waals surface area (Å²) >= 11 is 0. The molecule has 4 nitrogen and oxygen atoms in total. The molecule has 0 fully saturated rings. The Morgan fingerprint density at radius 3 is 2.60 bits per heavy atom. The molecule has 0 aromatic carbocycles. The molecule has 0 aliphatic carbocycles. The molecule has 1 aliphatic rings.